The summed E-state index contributed by atoms with van der Waals surface area (Å²) in [7, 11) is 2.02. The highest BCUT2D eigenvalue weighted by Crippen LogP contribution is 2.15. The molecule has 2 N–H and O–H groups in total. The molecule has 0 atom stereocenters. The van der Waals surface area contributed by atoms with E-state index in [4.69, 9.17) is 17.3 Å². The summed E-state index contributed by atoms with van der Waals surface area (Å²) in [6.45, 7) is 1.74. The Hall–Kier alpha value is -1.42. The molecule has 0 amide bonds. The summed E-state index contributed by atoms with van der Waals surface area (Å²) in [5.41, 5.74) is 8.28. The number of hydrogen-bond acceptors (Lipinski definition) is 2. The van der Waals surface area contributed by atoms with Crippen LogP contribution in [0.5, 0.6) is 0 Å². The van der Waals surface area contributed by atoms with Gasteiger partial charge in [-0.15, -0.1) is 0 Å². The van der Waals surface area contributed by atoms with Gasteiger partial charge >= 0.3 is 0 Å². The van der Waals surface area contributed by atoms with Crippen molar-refractivity contribution in [2.75, 3.05) is 7.05 Å². The number of nitrogens with two attached hydrogens (primary N) is 1. The summed E-state index contributed by atoms with van der Waals surface area (Å²) < 4.78 is 13.4. The monoisotopic (exact) mass is 292 g/mol. The summed E-state index contributed by atoms with van der Waals surface area (Å²) in [5.74, 6) is -0.242. The lowest BCUT2D eigenvalue weighted by Gasteiger charge is -2.17. The van der Waals surface area contributed by atoms with Crippen LogP contribution in [0.4, 0.5) is 4.39 Å². The van der Waals surface area contributed by atoms with Gasteiger partial charge in [-0.2, -0.15) is 0 Å². The molecular formula is C16H18ClFN2. The molecule has 0 aliphatic heterocycles. The molecule has 0 bridgehead atoms. The first-order chi connectivity index (χ1) is 9.58. The molecule has 0 heterocycles. The van der Waals surface area contributed by atoms with Crippen LogP contribution in [0.15, 0.2) is 42.5 Å². The third kappa shape index (κ3) is 4.04. The van der Waals surface area contributed by atoms with E-state index in [1.165, 1.54) is 6.07 Å². The average Bonchev–Trinajstić information content (AvgIpc) is 2.41. The minimum absolute atomic E-state index is 0.220. The van der Waals surface area contributed by atoms with Gasteiger partial charge in [-0.25, -0.2) is 4.39 Å². The molecule has 0 aromatic heterocycles. The van der Waals surface area contributed by atoms with Gasteiger partial charge in [0, 0.05) is 30.2 Å². The second-order valence-electron chi connectivity index (χ2n) is 4.93. The SMILES string of the molecule is CN(Cc1cccc(Cl)c1)Cc1ccc(F)c(CN)c1. The topological polar surface area (TPSA) is 29.3 Å². The Bertz CT molecular complexity index is 586. The predicted octanol–water partition coefficient (Wildman–Crippen LogP) is 3.57. The molecule has 0 aliphatic rings. The number of halogens is 2. The molecular weight excluding hydrogens is 275 g/mol. The fourth-order valence-corrected chi connectivity index (χ4v) is 2.41. The maximum Gasteiger partial charge on any atom is 0.127 e. The highest BCUT2D eigenvalue weighted by molar-refractivity contribution is 6.30. The van der Waals surface area contributed by atoms with Crippen molar-refractivity contribution in [1.82, 2.24) is 4.90 Å². The van der Waals surface area contributed by atoms with Crippen molar-refractivity contribution in [1.29, 1.82) is 0 Å². The van der Waals surface area contributed by atoms with E-state index in [0.29, 0.717) is 5.56 Å². The Labute approximate surface area is 124 Å². The first kappa shape index (κ1) is 15.0. The summed E-state index contributed by atoms with van der Waals surface area (Å²) >= 11 is 5.97. The van der Waals surface area contributed by atoms with Crippen LogP contribution in [0.2, 0.25) is 5.02 Å². The molecule has 0 aliphatic carbocycles. The van der Waals surface area contributed by atoms with Crippen LogP contribution in [-0.4, -0.2) is 11.9 Å². The van der Waals surface area contributed by atoms with Gasteiger partial charge in [-0.05, 0) is 36.4 Å². The van der Waals surface area contributed by atoms with Gasteiger partial charge in [0.05, 0.1) is 0 Å². The van der Waals surface area contributed by atoms with Crippen LogP contribution in [0.3, 0.4) is 0 Å². The normalized spacial score (nSPS) is 11.1. The number of hydrogen-bond donors (Lipinski definition) is 1. The highest BCUT2D eigenvalue weighted by Gasteiger charge is 2.06. The third-order valence-electron chi connectivity index (χ3n) is 3.12. The second-order valence-corrected chi connectivity index (χ2v) is 5.37. The molecule has 20 heavy (non-hydrogen) atoms. The molecule has 0 radical (unpaired) electrons. The first-order valence-electron chi connectivity index (χ1n) is 6.49. The summed E-state index contributed by atoms with van der Waals surface area (Å²) in [6.07, 6.45) is 0. The molecule has 2 aromatic rings. The minimum Gasteiger partial charge on any atom is -0.326 e. The average molecular weight is 293 g/mol. The van der Waals surface area contributed by atoms with Gasteiger partial charge in [-0.3, -0.25) is 4.90 Å². The van der Waals surface area contributed by atoms with Crippen LogP contribution >= 0.6 is 11.6 Å². The van der Waals surface area contributed by atoms with Crippen molar-refractivity contribution < 1.29 is 4.39 Å². The summed E-state index contributed by atoms with van der Waals surface area (Å²) in [4.78, 5) is 2.15. The van der Waals surface area contributed by atoms with E-state index in [1.54, 1.807) is 6.07 Å². The van der Waals surface area contributed by atoms with Crippen molar-refractivity contribution in [3.05, 3.63) is 70.0 Å². The Morgan fingerprint density at radius 1 is 1.10 bits per heavy atom. The predicted molar refractivity (Wildman–Crippen MR) is 80.9 cm³/mol. The van der Waals surface area contributed by atoms with Crippen LogP contribution in [-0.2, 0) is 19.6 Å². The smallest absolute Gasteiger partial charge is 0.127 e. The van der Waals surface area contributed by atoms with Crippen molar-refractivity contribution in [2.45, 2.75) is 19.6 Å². The van der Waals surface area contributed by atoms with Crippen LogP contribution in [0.1, 0.15) is 16.7 Å². The van der Waals surface area contributed by atoms with E-state index in [0.717, 1.165) is 29.2 Å². The number of benzene rings is 2. The van der Waals surface area contributed by atoms with E-state index < -0.39 is 0 Å². The molecule has 106 valence electrons. The first-order valence-corrected chi connectivity index (χ1v) is 6.86. The van der Waals surface area contributed by atoms with E-state index in [-0.39, 0.29) is 12.4 Å². The lowest BCUT2D eigenvalue weighted by molar-refractivity contribution is 0.319. The van der Waals surface area contributed by atoms with Crippen molar-refractivity contribution in [2.24, 2.45) is 5.73 Å². The van der Waals surface area contributed by atoms with Crippen LogP contribution < -0.4 is 5.73 Å². The molecule has 0 spiro atoms. The third-order valence-corrected chi connectivity index (χ3v) is 3.36. The Kier molecular flexibility index (Phi) is 5.12. The fraction of sp³-hybridized carbons (Fsp3) is 0.250. The fourth-order valence-electron chi connectivity index (χ4n) is 2.20. The quantitative estimate of drug-likeness (QED) is 0.913. The van der Waals surface area contributed by atoms with Crippen molar-refractivity contribution in [3.8, 4) is 0 Å². The van der Waals surface area contributed by atoms with Crippen molar-refractivity contribution >= 4 is 11.6 Å². The Morgan fingerprint density at radius 3 is 2.45 bits per heavy atom. The summed E-state index contributed by atoms with van der Waals surface area (Å²) in [6, 6.07) is 12.9. The zero-order valence-electron chi connectivity index (χ0n) is 11.4. The molecule has 2 nitrogen and oxygen atoms in total. The molecule has 0 fully saturated rings. The van der Waals surface area contributed by atoms with E-state index in [2.05, 4.69) is 4.90 Å². The number of nitrogens with zero attached hydrogens (tertiary/aromatic N) is 1. The highest BCUT2D eigenvalue weighted by atomic mass is 35.5. The molecule has 0 unspecified atom stereocenters. The molecule has 2 aromatic carbocycles. The Morgan fingerprint density at radius 2 is 1.80 bits per heavy atom. The maximum absolute atomic E-state index is 13.4. The van der Waals surface area contributed by atoms with Gasteiger partial charge in [0.25, 0.3) is 0 Å². The van der Waals surface area contributed by atoms with Gasteiger partial charge in [0.2, 0.25) is 0 Å². The minimum atomic E-state index is -0.242. The van der Waals surface area contributed by atoms with Gasteiger partial charge in [0.15, 0.2) is 0 Å². The van der Waals surface area contributed by atoms with Gasteiger partial charge in [0.1, 0.15) is 5.82 Å². The molecule has 2 rings (SSSR count). The van der Waals surface area contributed by atoms with Crippen molar-refractivity contribution in [3.63, 3.8) is 0 Å². The standard InChI is InChI=1S/C16H18ClFN2/c1-20(10-12-3-2-4-15(17)8-12)11-13-5-6-16(18)14(7-13)9-19/h2-8H,9-11,19H2,1H3. The van der Waals surface area contributed by atoms with Crippen LogP contribution in [0.25, 0.3) is 0 Å². The zero-order valence-corrected chi connectivity index (χ0v) is 12.2. The zero-order chi connectivity index (χ0) is 14.5. The Balaban J connectivity index is 2.02. The van der Waals surface area contributed by atoms with Gasteiger partial charge in [-0.1, -0.05) is 35.9 Å². The second kappa shape index (κ2) is 6.84. The number of rotatable bonds is 5. The molecule has 0 saturated heterocycles. The van der Waals surface area contributed by atoms with E-state index >= 15 is 0 Å². The lowest BCUT2D eigenvalue weighted by Crippen LogP contribution is -2.17. The summed E-state index contributed by atoms with van der Waals surface area (Å²) in [5, 5.41) is 0.739. The molecule has 0 saturated carbocycles. The lowest BCUT2D eigenvalue weighted by atomic mass is 10.1. The van der Waals surface area contributed by atoms with E-state index in [9.17, 15) is 4.39 Å². The molecule has 4 heteroatoms. The van der Waals surface area contributed by atoms with Gasteiger partial charge < -0.3 is 5.73 Å². The van der Waals surface area contributed by atoms with Crippen LogP contribution in [0, 0.1) is 5.82 Å². The largest absolute Gasteiger partial charge is 0.326 e. The van der Waals surface area contributed by atoms with E-state index in [1.807, 2.05) is 37.4 Å². The maximum atomic E-state index is 13.4.